The van der Waals surface area contributed by atoms with Gasteiger partial charge in [-0.1, -0.05) is 42.8 Å². The molecule has 0 aliphatic rings. The Bertz CT molecular complexity index is 532. The summed E-state index contributed by atoms with van der Waals surface area (Å²) in [5.74, 6) is -0.745. The van der Waals surface area contributed by atoms with Crippen molar-refractivity contribution in [3.05, 3.63) is 33.8 Å². The van der Waals surface area contributed by atoms with Crippen molar-refractivity contribution in [1.82, 2.24) is 5.32 Å². The van der Waals surface area contributed by atoms with Gasteiger partial charge in [0.2, 0.25) is 5.91 Å². The molecule has 0 spiro atoms. The lowest BCUT2D eigenvalue weighted by molar-refractivity contribution is -0.123. The molecule has 3 nitrogen and oxygen atoms in total. The molecule has 0 bridgehead atoms. The zero-order chi connectivity index (χ0) is 15.3. The van der Waals surface area contributed by atoms with Crippen molar-refractivity contribution in [2.75, 3.05) is 6.54 Å². The molecule has 1 unspecified atom stereocenters. The first-order valence-electron chi connectivity index (χ1n) is 6.75. The van der Waals surface area contributed by atoms with Crippen LogP contribution in [0.1, 0.15) is 38.3 Å². The van der Waals surface area contributed by atoms with Gasteiger partial charge in [-0.25, -0.2) is 0 Å². The van der Waals surface area contributed by atoms with Crippen molar-refractivity contribution < 1.29 is 4.79 Å². The fourth-order valence-electron chi connectivity index (χ4n) is 2.19. The van der Waals surface area contributed by atoms with E-state index in [1.54, 1.807) is 0 Å². The van der Waals surface area contributed by atoms with Crippen molar-refractivity contribution in [2.24, 2.45) is 5.92 Å². The lowest BCUT2D eigenvalue weighted by atomic mass is 9.82. The van der Waals surface area contributed by atoms with E-state index in [4.69, 9.17) is 5.26 Å². The molecule has 20 heavy (non-hydrogen) atoms. The van der Waals surface area contributed by atoms with Gasteiger partial charge >= 0.3 is 0 Å². The van der Waals surface area contributed by atoms with Crippen LogP contribution in [0.4, 0.5) is 0 Å². The summed E-state index contributed by atoms with van der Waals surface area (Å²) in [5.41, 5.74) is 2.20. The molecule has 1 aromatic carbocycles. The summed E-state index contributed by atoms with van der Waals surface area (Å²) in [6.45, 7) is 8.61. The van der Waals surface area contributed by atoms with Crippen LogP contribution in [0.15, 0.2) is 22.7 Å². The fraction of sp³-hybridized carbons (Fsp3) is 0.500. The molecule has 0 saturated heterocycles. The average molecular weight is 337 g/mol. The Labute approximate surface area is 129 Å². The first-order valence-corrected chi connectivity index (χ1v) is 7.55. The molecule has 0 aromatic heterocycles. The predicted octanol–water partition coefficient (Wildman–Crippen LogP) is 3.70. The highest BCUT2D eigenvalue weighted by atomic mass is 79.9. The second-order valence-corrected chi connectivity index (χ2v) is 6.57. The number of hydrogen-bond acceptors (Lipinski definition) is 2. The van der Waals surface area contributed by atoms with Gasteiger partial charge < -0.3 is 5.32 Å². The van der Waals surface area contributed by atoms with E-state index in [0.29, 0.717) is 13.0 Å². The van der Waals surface area contributed by atoms with Crippen molar-refractivity contribution in [3.63, 3.8) is 0 Å². The Kier molecular flexibility index (Phi) is 5.76. The second-order valence-electron chi connectivity index (χ2n) is 5.65. The highest BCUT2D eigenvalue weighted by Crippen LogP contribution is 2.28. The topological polar surface area (TPSA) is 52.9 Å². The van der Waals surface area contributed by atoms with Gasteiger partial charge in [0, 0.05) is 16.4 Å². The quantitative estimate of drug-likeness (QED) is 0.891. The number of halogens is 1. The van der Waals surface area contributed by atoms with Crippen LogP contribution in [0.25, 0.3) is 0 Å². The molecule has 0 aliphatic carbocycles. The average Bonchev–Trinajstić information content (AvgIpc) is 2.40. The largest absolute Gasteiger partial charge is 0.354 e. The number of aryl methyl sites for hydroxylation is 1. The Hall–Kier alpha value is -1.34. The lowest BCUT2D eigenvalue weighted by Crippen LogP contribution is -2.39. The maximum absolute atomic E-state index is 11.9. The Morgan fingerprint density at radius 2 is 2.15 bits per heavy atom. The van der Waals surface area contributed by atoms with Gasteiger partial charge in [-0.2, -0.15) is 5.26 Å². The molecule has 0 radical (unpaired) electrons. The number of rotatable bonds is 5. The highest BCUT2D eigenvalue weighted by Gasteiger charge is 2.25. The number of benzene rings is 1. The molecule has 4 heteroatoms. The third-order valence-electron chi connectivity index (χ3n) is 3.51. The van der Waals surface area contributed by atoms with Crippen LogP contribution in [0.5, 0.6) is 0 Å². The molecular formula is C16H21BrN2O. The minimum absolute atomic E-state index is 0.183. The van der Waals surface area contributed by atoms with E-state index >= 15 is 0 Å². The SMILES string of the molecule is CCC(C#N)C(=O)NCC(C)(C)c1cc(Br)ccc1C. The smallest absolute Gasteiger partial charge is 0.237 e. The summed E-state index contributed by atoms with van der Waals surface area (Å²) in [7, 11) is 0. The van der Waals surface area contributed by atoms with Gasteiger partial charge in [-0.3, -0.25) is 4.79 Å². The third-order valence-corrected chi connectivity index (χ3v) is 4.01. The molecule has 1 atom stereocenters. The normalized spacial score (nSPS) is 12.6. The third kappa shape index (κ3) is 4.08. The minimum atomic E-state index is -0.561. The molecule has 0 fully saturated rings. The van der Waals surface area contributed by atoms with Crippen LogP contribution in [-0.4, -0.2) is 12.5 Å². The van der Waals surface area contributed by atoms with E-state index < -0.39 is 5.92 Å². The maximum Gasteiger partial charge on any atom is 0.237 e. The van der Waals surface area contributed by atoms with Gasteiger partial charge in [-0.05, 0) is 36.6 Å². The zero-order valence-corrected chi connectivity index (χ0v) is 14.0. The second kappa shape index (κ2) is 6.90. The molecule has 1 N–H and O–H groups in total. The van der Waals surface area contributed by atoms with Crippen LogP contribution in [0.3, 0.4) is 0 Å². The zero-order valence-electron chi connectivity index (χ0n) is 12.5. The van der Waals surface area contributed by atoms with Gasteiger partial charge in [0.15, 0.2) is 0 Å². The minimum Gasteiger partial charge on any atom is -0.354 e. The van der Waals surface area contributed by atoms with Crippen molar-refractivity contribution in [3.8, 4) is 6.07 Å². The van der Waals surface area contributed by atoms with Crippen molar-refractivity contribution in [1.29, 1.82) is 5.26 Å². The summed E-state index contributed by atoms with van der Waals surface area (Å²) in [5, 5.41) is 11.8. The highest BCUT2D eigenvalue weighted by molar-refractivity contribution is 9.10. The van der Waals surface area contributed by atoms with Gasteiger partial charge in [0.05, 0.1) is 6.07 Å². The van der Waals surface area contributed by atoms with E-state index in [2.05, 4.69) is 54.2 Å². The van der Waals surface area contributed by atoms with E-state index in [-0.39, 0.29) is 11.3 Å². The van der Waals surface area contributed by atoms with Gasteiger partial charge in [0.1, 0.15) is 5.92 Å². The summed E-state index contributed by atoms with van der Waals surface area (Å²) >= 11 is 3.48. The number of carbonyl (C=O) groups is 1. The molecule has 1 rings (SSSR count). The molecule has 1 aromatic rings. The number of amides is 1. The summed E-state index contributed by atoms with van der Waals surface area (Å²) < 4.78 is 1.03. The van der Waals surface area contributed by atoms with Crippen LogP contribution in [0, 0.1) is 24.2 Å². The first-order chi connectivity index (χ1) is 9.31. The van der Waals surface area contributed by atoms with Gasteiger partial charge in [-0.15, -0.1) is 0 Å². The van der Waals surface area contributed by atoms with Crippen molar-refractivity contribution >= 4 is 21.8 Å². The van der Waals surface area contributed by atoms with Crippen LogP contribution in [-0.2, 0) is 10.2 Å². The molecule has 0 heterocycles. The van der Waals surface area contributed by atoms with Crippen LogP contribution >= 0.6 is 15.9 Å². The van der Waals surface area contributed by atoms with Crippen molar-refractivity contribution in [2.45, 2.75) is 39.5 Å². The standard InChI is InChI=1S/C16H21BrN2O/c1-5-12(9-18)15(20)19-10-16(3,4)14-8-13(17)7-6-11(14)2/h6-8,12H,5,10H2,1-4H3,(H,19,20). The summed E-state index contributed by atoms with van der Waals surface area (Å²) in [6.07, 6.45) is 0.540. The number of hydrogen-bond donors (Lipinski definition) is 1. The van der Waals surface area contributed by atoms with Crippen LogP contribution < -0.4 is 5.32 Å². The maximum atomic E-state index is 11.9. The van der Waals surface area contributed by atoms with Crippen LogP contribution in [0.2, 0.25) is 0 Å². The van der Waals surface area contributed by atoms with E-state index in [9.17, 15) is 4.79 Å². The molecule has 0 aliphatic heterocycles. The first kappa shape index (κ1) is 16.7. The molecule has 1 amide bonds. The molecule has 0 saturated carbocycles. The Balaban J connectivity index is 2.83. The number of nitrogens with one attached hydrogen (secondary N) is 1. The fourth-order valence-corrected chi connectivity index (χ4v) is 2.55. The molecular weight excluding hydrogens is 316 g/mol. The monoisotopic (exact) mass is 336 g/mol. The molecule has 108 valence electrons. The number of carbonyl (C=O) groups excluding carboxylic acids is 1. The lowest BCUT2D eigenvalue weighted by Gasteiger charge is -2.28. The summed E-state index contributed by atoms with van der Waals surface area (Å²) in [6, 6.07) is 8.19. The Morgan fingerprint density at radius 1 is 1.50 bits per heavy atom. The van der Waals surface area contributed by atoms with E-state index in [1.165, 1.54) is 11.1 Å². The number of nitrogens with zero attached hydrogens (tertiary/aromatic N) is 1. The Morgan fingerprint density at radius 3 is 2.70 bits per heavy atom. The summed E-state index contributed by atoms with van der Waals surface area (Å²) in [4.78, 5) is 11.9. The van der Waals surface area contributed by atoms with E-state index in [0.717, 1.165) is 4.47 Å². The van der Waals surface area contributed by atoms with Gasteiger partial charge in [0.25, 0.3) is 0 Å². The number of nitriles is 1. The predicted molar refractivity (Wildman–Crippen MR) is 84.3 cm³/mol. The van der Waals surface area contributed by atoms with E-state index in [1.807, 2.05) is 19.1 Å².